The lowest BCUT2D eigenvalue weighted by molar-refractivity contribution is -0.384. The molecule has 2 aliphatic rings. The Balaban J connectivity index is 1.25. The minimum absolute atomic E-state index is 0.0244. The van der Waals surface area contributed by atoms with E-state index in [1.807, 2.05) is 72.0 Å². The number of hydrogen-bond acceptors (Lipinski definition) is 8. The zero-order valence-electron chi connectivity index (χ0n) is 22.9. The van der Waals surface area contributed by atoms with Gasteiger partial charge >= 0.3 is 6.09 Å². The molecular formula is C30H30N6O5. The van der Waals surface area contributed by atoms with Crippen LogP contribution in [0.25, 0.3) is 11.3 Å². The van der Waals surface area contributed by atoms with Gasteiger partial charge < -0.3 is 19.3 Å². The Bertz CT molecular complexity index is 1580. The summed E-state index contributed by atoms with van der Waals surface area (Å²) in [5.74, 6) is 0.551. The summed E-state index contributed by atoms with van der Waals surface area (Å²) in [5.41, 5.74) is 3.73. The molecule has 0 bridgehead atoms. The standard InChI is InChI=1S/C30H30N6O5/c1-30(2)24-18-32-35(19-22-10-6-7-11-31-22)28(24)23-16-26(36(38)39)25(17-27(23)41-30)33-12-14-34(15-13-33)29(37)40-20-21-8-4-3-5-9-21/h3-11,16-18H,12-15,19-20H2,1-2H3. The highest BCUT2D eigenvalue weighted by atomic mass is 16.6. The quantitative estimate of drug-likeness (QED) is 0.242. The van der Waals surface area contributed by atoms with E-state index in [0.29, 0.717) is 49.7 Å². The molecule has 2 aromatic carbocycles. The number of aromatic nitrogens is 3. The van der Waals surface area contributed by atoms with Crippen LogP contribution in [0, 0.1) is 10.1 Å². The fourth-order valence-electron chi connectivity index (χ4n) is 5.37. The molecule has 0 spiro atoms. The zero-order chi connectivity index (χ0) is 28.6. The molecule has 0 atom stereocenters. The summed E-state index contributed by atoms with van der Waals surface area (Å²) in [7, 11) is 0. The number of pyridine rings is 1. The van der Waals surface area contributed by atoms with E-state index in [-0.39, 0.29) is 17.2 Å². The third kappa shape index (κ3) is 5.18. The van der Waals surface area contributed by atoms with E-state index in [4.69, 9.17) is 9.47 Å². The summed E-state index contributed by atoms with van der Waals surface area (Å²) in [4.78, 5) is 32.6. The number of fused-ring (bicyclic) bond motifs is 3. The fraction of sp³-hybridized carbons (Fsp3) is 0.300. The second kappa shape index (κ2) is 10.6. The number of benzene rings is 2. The number of hydrogen-bond donors (Lipinski definition) is 0. The van der Waals surface area contributed by atoms with Gasteiger partial charge in [-0.05, 0) is 31.5 Å². The number of nitrogens with zero attached hydrogens (tertiary/aromatic N) is 6. The van der Waals surface area contributed by atoms with Crippen molar-refractivity contribution in [1.82, 2.24) is 19.7 Å². The van der Waals surface area contributed by atoms with Gasteiger partial charge in [-0.2, -0.15) is 5.10 Å². The lowest BCUT2D eigenvalue weighted by Gasteiger charge is -2.37. The Morgan fingerprint density at radius 2 is 1.83 bits per heavy atom. The minimum atomic E-state index is -0.695. The third-order valence-electron chi connectivity index (χ3n) is 7.50. The molecule has 1 saturated heterocycles. The van der Waals surface area contributed by atoms with Crippen LogP contribution < -0.4 is 9.64 Å². The van der Waals surface area contributed by atoms with Gasteiger partial charge in [-0.1, -0.05) is 36.4 Å². The molecule has 0 N–H and O–H groups in total. The van der Waals surface area contributed by atoms with Crippen LogP contribution in [0.15, 0.2) is 73.1 Å². The SMILES string of the molecule is CC1(C)Oc2cc(N3CCN(C(=O)OCc4ccccc4)CC3)c([N+](=O)[O-])cc2-c2c1cnn2Cc1ccccn1. The first-order chi connectivity index (χ1) is 19.8. The van der Waals surface area contributed by atoms with E-state index >= 15 is 0 Å². The molecule has 210 valence electrons. The minimum Gasteiger partial charge on any atom is -0.482 e. The predicted molar refractivity (Wildman–Crippen MR) is 152 cm³/mol. The molecule has 11 nitrogen and oxygen atoms in total. The van der Waals surface area contributed by atoms with E-state index in [1.165, 1.54) is 0 Å². The number of anilines is 1. The van der Waals surface area contributed by atoms with Crippen molar-refractivity contribution in [2.75, 3.05) is 31.1 Å². The van der Waals surface area contributed by atoms with Gasteiger partial charge in [0.15, 0.2) is 0 Å². The zero-order valence-corrected chi connectivity index (χ0v) is 22.9. The maximum absolute atomic E-state index is 12.7. The number of nitro benzene ring substituents is 1. The van der Waals surface area contributed by atoms with E-state index < -0.39 is 11.7 Å². The number of carbonyl (C=O) groups excluding carboxylic acids is 1. The van der Waals surface area contributed by atoms with Crippen molar-refractivity contribution in [3.8, 4) is 17.0 Å². The average molecular weight is 555 g/mol. The number of piperazine rings is 1. The van der Waals surface area contributed by atoms with Gasteiger partial charge in [-0.15, -0.1) is 0 Å². The van der Waals surface area contributed by atoms with Crippen LogP contribution in [-0.4, -0.2) is 56.9 Å². The van der Waals surface area contributed by atoms with E-state index in [0.717, 1.165) is 22.5 Å². The van der Waals surface area contributed by atoms with Crippen molar-refractivity contribution in [2.45, 2.75) is 32.6 Å². The van der Waals surface area contributed by atoms with Crippen LogP contribution >= 0.6 is 0 Å². The van der Waals surface area contributed by atoms with Crippen molar-refractivity contribution >= 4 is 17.5 Å². The summed E-state index contributed by atoms with van der Waals surface area (Å²) in [5, 5.41) is 16.9. The molecule has 11 heteroatoms. The molecule has 4 aromatic rings. The van der Waals surface area contributed by atoms with Crippen molar-refractivity contribution in [3.05, 3.63) is 100.0 Å². The Morgan fingerprint density at radius 1 is 1.07 bits per heavy atom. The first kappa shape index (κ1) is 26.3. The predicted octanol–water partition coefficient (Wildman–Crippen LogP) is 4.99. The molecule has 1 amide bonds. The van der Waals surface area contributed by atoms with Crippen molar-refractivity contribution in [1.29, 1.82) is 0 Å². The fourth-order valence-corrected chi connectivity index (χ4v) is 5.37. The number of nitro groups is 1. The molecule has 2 aliphatic heterocycles. The topological polar surface area (TPSA) is 116 Å². The van der Waals surface area contributed by atoms with Gasteiger partial charge in [0.1, 0.15) is 23.6 Å². The molecule has 0 aliphatic carbocycles. The molecule has 0 saturated carbocycles. The average Bonchev–Trinajstić information content (AvgIpc) is 3.41. The Hall–Kier alpha value is -4.93. The first-order valence-corrected chi connectivity index (χ1v) is 13.5. The first-order valence-electron chi connectivity index (χ1n) is 13.5. The summed E-state index contributed by atoms with van der Waals surface area (Å²) in [6, 6.07) is 18.5. The second-order valence-electron chi connectivity index (χ2n) is 10.6. The van der Waals surface area contributed by atoms with Crippen molar-refractivity contribution in [3.63, 3.8) is 0 Å². The van der Waals surface area contributed by atoms with Crippen molar-refractivity contribution < 1.29 is 19.2 Å². The summed E-state index contributed by atoms with van der Waals surface area (Å²) in [6.07, 6.45) is 3.09. The summed E-state index contributed by atoms with van der Waals surface area (Å²) in [6.45, 7) is 6.15. The van der Waals surface area contributed by atoms with Gasteiger partial charge in [0.2, 0.25) is 0 Å². The van der Waals surface area contributed by atoms with Crippen molar-refractivity contribution in [2.24, 2.45) is 0 Å². The molecule has 2 aromatic heterocycles. The molecule has 0 radical (unpaired) electrons. The maximum atomic E-state index is 12.7. The van der Waals surface area contributed by atoms with Gasteiger partial charge in [0.05, 0.1) is 29.1 Å². The molecule has 0 unspecified atom stereocenters. The highest BCUT2D eigenvalue weighted by Crippen LogP contribution is 2.49. The van der Waals surface area contributed by atoms with Gasteiger partial charge in [0.25, 0.3) is 5.69 Å². The Morgan fingerprint density at radius 3 is 2.54 bits per heavy atom. The van der Waals surface area contributed by atoms with Crippen LogP contribution in [0.4, 0.5) is 16.2 Å². The normalized spacial score (nSPS) is 15.5. The smallest absolute Gasteiger partial charge is 0.410 e. The van der Waals surface area contributed by atoms with E-state index in [9.17, 15) is 14.9 Å². The van der Waals surface area contributed by atoms with E-state index in [1.54, 1.807) is 29.4 Å². The molecule has 4 heterocycles. The molecule has 41 heavy (non-hydrogen) atoms. The largest absolute Gasteiger partial charge is 0.482 e. The maximum Gasteiger partial charge on any atom is 0.410 e. The summed E-state index contributed by atoms with van der Waals surface area (Å²) < 4.78 is 13.7. The number of amides is 1. The monoisotopic (exact) mass is 554 g/mol. The molecule has 6 rings (SSSR count). The lowest BCUT2D eigenvalue weighted by Crippen LogP contribution is -2.49. The van der Waals surface area contributed by atoms with Crippen LogP contribution in [0.1, 0.15) is 30.7 Å². The summed E-state index contributed by atoms with van der Waals surface area (Å²) >= 11 is 0. The highest BCUT2D eigenvalue weighted by molar-refractivity contribution is 5.82. The van der Waals surface area contributed by atoms with Gasteiger partial charge in [-0.3, -0.25) is 19.8 Å². The Labute approximate surface area is 237 Å². The van der Waals surface area contributed by atoms with Crippen LogP contribution in [-0.2, 0) is 23.5 Å². The van der Waals surface area contributed by atoms with E-state index in [2.05, 4.69) is 10.1 Å². The van der Waals surface area contributed by atoms with Gasteiger partial charge in [0, 0.05) is 55.6 Å². The van der Waals surface area contributed by atoms with Crippen LogP contribution in [0.3, 0.4) is 0 Å². The lowest BCUT2D eigenvalue weighted by atomic mass is 9.91. The number of carbonyl (C=O) groups is 1. The number of rotatable bonds is 6. The second-order valence-corrected chi connectivity index (χ2v) is 10.6. The number of ether oxygens (including phenoxy) is 2. The van der Waals surface area contributed by atoms with Crippen LogP contribution in [0.2, 0.25) is 0 Å². The van der Waals surface area contributed by atoms with Gasteiger partial charge in [-0.25, -0.2) is 4.79 Å². The molecule has 1 fully saturated rings. The Kier molecular flexibility index (Phi) is 6.78. The third-order valence-corrected chi connectivity index (χ3v) is 7.50. The highest BCUT2D eigenvalue weighted by Gasteiger charge is 2.38. The van der Waals surface area contributed by atoms with Crippen LogP contribution in [0.5, 0.6) is 5.75 Å². The molecular weight excluding hydrogens is 524 g/mol.